The molecule has 2 N–H and O–H groups in total. The zero-order chi connectivity index (χ0) is 22.4. The third-order valence-corrected chi connectivity index (χ3v) is 4.67. The second-order valence-electron chi connectivity index (χ2n) is 5.98. The van der Waals surface area contributed by atoms with Gasteiger partial charge in [0.2, 0.25) is 11.7 Å². The van der Waals surface area contributed by atoms with Crippen molar-refractivity contribution >= 4 is 40.8 Å². The normalized spacial score (nSPS) is 10.4. The van der Waals surface area contributed by atoms with Crippen LogP contribution in [0.2, 0.25) is 0 Å². The van der Waals surface area contributed by atoms with Gasteiger partial charge in [0, 0.05) is 17.3 Å². The molecule has 0 atom stereocenters. The fourth-order valence-electron chi connectivity index (χ4n) is 2.35. The minimum atomic E-state index is -1.00. The molecule has 2 amide bonds. The summed E-state index contributed by atoms with van der Waals surface area (Å²) in [5.41, 5.74) is -0.537. The summed E-state index contributed by atoms with van der Waals surface area (Å²) in [5.74, 6) is -2.54. The van der Waals surface area contributed by atoms with Gasteiger partial charge in [0.05, 0.1) is 10.7 Å². The Morgan fingerprint density at radius 1 is 1.03 bits per heavy atom. The van der Waals surface area contributed by atoms with E-state index < -0.39 is 34.1 Å². The van der Waals surface area contributed by atoms with Crippen LogP contribution < -0.4 is 10.6 Å². The van der Waals surface area contributed by atoms with Gasteiger partial charge in [-0.3, -0.25) is 19.7 Å². The molecule has 0 fully saturated rings. The van der Waals surface area contributed by atoms with Crippen molar-refractivity contribution in [2.24, 2.45) is 0 Å². The number of nitro benzene ring substituents is 1. The minimum Gasteiger partial charge on any atom is -0.325 e. The first-order valence-corrected chi connectivity index (χ1v) is 9.57. The number of carbonyl (C=O) groups excluding carboxylic acids is 2. The van der Waals surface area contributed by atoms with Crippen LogP contribution in [-0.4, -0.2) is 32.7 Å². The lowest BCUT2D eigenvalue weighted by Gasteiger charge is -2.06. The molecule has 0 spiro atoms. The topological polar surface area (TPSA) is 127 Å². The van der Waals surface area contributed by atoms with Gasteiger partial charge >= 0.3 is 5.69 Å². The Morgan fingerprint density at radius 3 is 2.52 bits per heavy atom. The second-order valence-corrected chi connectivity index (χ2v) is 6.98. The predicted molar refractivity (Wildman–Crippen MR) is 109 cm³/mol. The molecule has 2 aromatic carbocycles. The summed E-state index contributed by atoms with van der Waals surface area (Å²) in [4.78, 5) is 33.9. The number of amides is 2. The minimum absolute atomic E-state index is 0.0835. The van der Waals surface area contributed by atoms with Crippen molar-refractivity contribution in [3.8, 4) is 0 Å². The Bertz CT molecular complexity index is 1140. The maximum Gasteiger partial charge on any atom is 0.306 e. The highest BCUT2D eigenvalue weighted by Gasteiger charge is 2.15. The number of hydrogen-bond acceptors (Lipinski definition) is 7. The molecule has 1 aromatic heterocycles. The quantitative estimate of drug-likeness (QED) is 0.323. The van der Waals surface area contributed by atoms with Crippen LogP contribution in [0.25, 0.3) is 0 Å². The number of nitrogens with zero attached hydrogens (tertiary/aromatic N) is 3. The van der Waals surface area contributed by atoms with Crippen molar-refractivity contribution in [3.63, 3.8) is 0 Å². The van der Waals surface area contributed by atoms with E-state index in [2.05, 4.69) is 20.8 Å². The summed E-state index contributed by atoms with van der Waals surface area (Å²) >= 11 is 1.03. The zero-order valence-electron chi connectivity index (χ0n) is 15.5. The zero-order valence-corrected chi connectivity index (χ0v) is 16.4. The van der Waals surface area contributed by atoms with Crippen molar-refractivity contribution in [1.82, 2.24) is 10.2 Å². The van der Waals surface area contributed by atoms with Crippen molar-refractivity contribution in [2.45, 2.75) is 5.03 Å². The fourth-order valence-corrected chi connectivity index (χ4v) is 2.96. The summed E-state index contributed by atoms with van der Waals surface area (Å²) in [6.45, 7) is 0. The molecule has 3 rings (SSSR count). The first-order chi connectivity index (χ1) is 14.8. The Labute approximate surface area is 178 Å². The van der Waals surface area contributed by atoms with Crippen molar-refractivity contribution in [2.75, 3.05) is 16.4 Å². The monoisotopic (exact) mass is 445 g/mol. The molecule has 0 aliphatic heterocycles. The fraction of sp³-hybridized carbons (Fsp3) is 0.0526. The number of halogens is 2. The average molecular weight is 445 g/mol. The van der Waals surface area contributed by atoms with Crippen molar-refractivity contribution < 1.29 is 23.3 Å². The maximum absolute atomic E-state index is 13.3. The van der Waals surface area contributed by atoms with Gasteiger partial charge in [-0.1, -0.05) is 17.8 Å². The molecule has 0 saturated carbocycles. The highest BCUT2D eigenvalue weighted by atomic mass is 32.2. The third kappa shape index (κ3) is 6.02. The van der Waals surface area contributed by atoms with Crippen LogP contribution in [0.5, 0.6) is 0 Å². The van der Waals surface area contributed by atoms with E-state index in [1.807, 2.05) is 0 Å². The van der Waals surface area contributed by atoms with Crippen LogP contribution in [0.4, 0.5) is 26.0 Å². The van der Waals surface area contributed by atoms with Gasteiger partial charge < -0.3 is 10.6 Å². The van der Waals surface area contributed by atoms with Crippen LogP contribution in [0.1, 0.15) is 10.4 Å². The van der Waals surface area contributed by atoms with E-state index in [9.17, 15) is 28.5 Å². The lowest BCUT2D eigenvalue weighted by atomic mass is 10.2. The number of nitrogens with one attached hydrogen (secondary N) is 2. The summed E-state index contributed by atoms with van der Waals surface area (Å²) in [6, 6.07) is 11.2. The maximum atomic E-state index is 13.3. The SMILES string of the molecule is O=C(CSc1ccc(NC(=O)c2cccc(F)c2)nn1)Nc1ccc(F)c([N+](=O)[O-])c1. The molecule has 0 aliphatic carbocycles. The van der Waals surface area contributed by atoms with E-state index in [-0.39, 0.29) is 22.8 Å². The molecule has 0 unspecified atom stereocenters. The van der Waals surface area contributed by atoms with E-state index >= 15 is 0 Å². The average Bonchev–Trinajstić information content (AvgIpc) is 2.74. The van der Waals surface area contributed by atoms with Gasteiger partial charge in [-0.2, -0.15) is 4.39 Å². The summed E-state index contributed by atoms with van der Waals surface area (Å²) in [5, 5.41) is 23.7. The van der Waals surface area contributed by atoms with Gasteiger partial charge in [-0.15, -0.1) is 10.2 Å². The molecule has 1 heterocycles. The van der Waals surface area contributed by atoms with E-state index in [0.29, 0.717) is 5.03 Å². The molecule has 0 radical (unpaired) electrons. The summed E-state index contributed by atoms with van der Waals surface area (Å²) in [6.07, 6.45) is 0. The smallest absolute Gasteiger partial charge is 0.306 e. The van der Waals surface area contributed by atoms with E-state index in [4.69, 9.17) is 0 Å². The number of thioether (sulfide) groups is 1. The first kappa shape index (κ1) is 21.8. The Balaban J connectivity index is 1.53. The molecular formula is C19H13F2N5O4S. The number of anilines is 2. The number of benzene rings is 2. The van der Waals surface area contributed by atoms with Crippen molar-refractivity contribution in [3.05, 3.63) is 81.9 Å². The summed E-state index contributed by atoms with van der Waals surface area (Å²) in [7, 11) is 0. The highest BCUT2D eigenvalue weighted by Crippen LogP contribution is 2.22. The van der Waals surface area contributed by atoms with Crippen LogP contribution >= 0.6 is 11.8 Å². The van der Waals surface area contributed by atoms with Crippen molar-refractivity contribution in [1.29, 1.82) is 0 Å². The molecule has 12 heteroatoms. The number of aromatic nitrogens is 2. The Kier molecular flexibility index (Phi) is 6.82. The summed E-state index contributed by atoms with van der Waals surface area (Å²) < 4.78 is 26.5. The van der Waals surface area contributed by atoms with Gasteiger partial charge in [-0.05, 0) is 42.5 Å². The lowest BCUT2D eigenvalue weighted by molar-refractivity contribution is -0.387. The van der Waals surface area contributed by atoms with Crippen LogP contribution in [0, 0.1) is 21.7 Å². The molecule has 158 valence electrons. The second kappa shape index (κ2) is 9.71. The molecule has 31 heavy (non-hydrogen) atoms. The highest BCUT2D eigenvalue weighted by molar-refractivity contribution is 7.99. The van der Waals surface area contributed by atoms with Crippen LogP contribution in [0.15, 0.2) is 59.6 Å². The number of rotatable bonds is 7. The van der Waals surface area contributed by atoms with Gasteiger partial charge in [-0.25, -0.2) is 4.39 Å². The lowest BCUT2D eigenvalue weighted by Crippen LogP contribution is -2.15. The molecular weight excluding hydrogens is 432 g/mol. The van der Waals surface area contributed by atoms with Crippen LogP contribution in [-0.2, 0) is 4.79 Å². The predicted octanol–water partition coefficient (Wildman–Crippen LogP) is 3.65. The van der Waals surface area contributed by atoms with E-state index in [1.165, 1.54) is 36.4 Å². The standard InChI is InChI=1S/C19H13F2N5O4S/c20-12-3-1-2-11(8-12)19(28)23-16-6-7-18(25-24-16)31-10-17(27)22-13-4-5-14(21)15(9-13)26(29)30/h1-9H,10H2,(H,22,27)(H,23,24,28). The van der Waals surface area contributed by atoms with E-state index in [0.717, 1.165) is 30.0 Å². The molecule has 9 nitrogen and oxygen atoms in total. The van der Waals surface area contributed by atoms with Gasteiger partial charge in [0.15, 0.2) is 5.82 Å². The number of nitro groups is 1. The molecule has 3 aromatic rings. The largest absolute Gasteiger partial charge is 0.325 e. The third-order valence-electron chi connectivity index (χ3n) is 3.75. The van der Waals surface area contributed by atoms with E-state index in [1.54, 1.807) is 0 Å². The first-order valence-electron chi connectivity index (χ1n) is 8.59. The number of hydrogen-bond donors (Lipinski definition) is 2. The Morgan fingerprint density at radius 2 is 1.84 bits per heavy atom. The Hall–Kier alpha value is -3.93. The van der Waals surface area contributed by atoms with Gasteiger partial charge in [0.1, 0.15) is 10.8 Å². The van der Waals surface area contributed by atoms with Gasteiger partial charge in [0.25, 0.3) is 5.91 Å². The number of carbonyl (C=O) groups is 2. The van der Waals surface area contributed by atoms with Crippen LogP contribution in [0.3, 0.4) is 0 Å². The molecule has 0 saturated heterocycles. The molecule has 0 bridgehead atoms. The molecule has 0 aliphatic rings.